The molecule has 0 aromatic heterocycles. The summed E-state index contributed by atoms with van der Waals surface area (Å²) in [6.07, 6.45) is 1.03. The molecule has 2 rings (SSSR count). The normalized spacial score (nSPS) is 12.4. The highest BCUT2D eigenvalue weighted by Gasteiger charge is 2.14. The van der Waals surface area contributed by atoms with Gasteiger partial charge < -0.3 is 5.32 Å². The summed E-state index contributed by atoms with van der Waals surface area (Å²) in [6.45, 7) is 0.958. The van der Waals surface area contributed by atoms with E-state index in [4.69, 9.17) is 23.2 Å². The van der Waals surface area contributed by atoms with E-state index in [1.807, 2.05) is 37.4 Å². The van der Waals surface area contributed by atoms with E-state index in [0.29, 0.717) is 5.92 Å². The van der Waals surface area contributed by atoms with E-state index in [2.05, 4.69) is 23.5 Å². The number of halogens is 2. The second-order valence-electron chi connectivity index (χ2n) is 4.55. The molecule has 0 saturated heterocycles. The second-order valence-corrected chi connectivity index (χ2v) is 5.42. The quantitative estimate of drug-likeness (QED) is 0.840. The molecular formula is C16H17Cl2N. The fraction of sp³-hybridized carbons (Fsp3) is 0.250. The Kier molecular flexibility index (Phi) is 5.26. The molecule has 0 saturated carbocycles. The Morgan fingerprint density at radius 3 is 2.32 bits per heavy atom. The lowest BCUT2D eigenvalue weighted by Crippen LogP contribution is -2.13. The van der Waals surface area contributed by atoms with Crippen molar-refractivity contribution < 1.29 is 0 Å². The van der Waals surface area contributed by atoms with Crippen LogP contribution in [0.2, 0.25) is 10.0 Å². The van der Waals surface area contributed by atoms with Crippen LogP contribution in [0.25, 0.3) is 0 Å². The van der Waals surface area contributed by atoms with E-state index < -0.39 is 0 Å². The van der Waals surface area contributed by atoms with Gasteiger partial charge in [-0.1, -0.05) is 47.5 Å². The predicted octanol–water partition coefficient (Wildman–Crippen LogP) is 4.73. The first-order valence-corrected chi connectivity index (χ1v) is 7.12. The third-order valence-corrected chi connectivity index (χ3v) is 3.69. The molecule has 1 nitrogen and oxygen atoms in total. The topological polar surface area (TPSA) is 12.0 Å². The van der Waals surface area contributed by atoms with Gasteiger partial charge in [0.1, 0.15) is 0 Å². The summed E-state index contributed by atoms with van der Waals surface area (Å²) < 4.78 is 0. The maximum Gasteiger partial charge on any atom is 0.0408 e. The number of rotatable bonds is 5. The van der Waals surface area contributed by atoms with Gasteiger partial charge in [-0.2, -0.15) is 0 Å². The minimum Gasteiger partial charge on any atom is -0.320 e. The molecule has 1 unspecified atom stereocenters. The molecule has 19 heavy (non-hydrogen) atoms. The molecule has 0 amide bonds. The van der Waals surface area contributed by atoms with Gasteiger partial charge in [-0.15, -0.1) is 0 Å². The van der Waals surface area contributed by atoms with Gasteiger partial charge >= 0.3 is 0 Å². The minimum absolute atomic E-state index is 0.336. The van der Waals surface area contributed by atoms with Crippen molar-refractivity contribution in [1.82, 2.24) is 5.32 Å². The van der Waals surface area contributed by atoms with Gasteiger partial charge in [-0.05, 0) is 55.4 Å². The van der Waals surface area contributed by atoms with Gasteiger partial charge in [0.05, 0.1) is 0 Å². The van der Waals surface area contributed by atoms with Gasteiger partial charge in [-0.3, -0.25) is 0 Å². The highest BCUT2D eigenvalue weighted by atomic mass is 35.5. The molecule has 1 N–H and O–H groups in total. The molecule has 0 radical (unpaired) electrons. The van der Waals surface area contributed by atoms with Gasteiger partial charge in [0.25, 0.3) is 0 Å². The molecule has 1 atom stereocenters. The zero-order valence-corrected chi connectivity index (χ0v) is 12.4. The standard InChI is InChI=1S/C16H17Cl2N/c1-19-10-9-16(12-5-7-14(17)8-6-12)13-3-2-4-15(18)11-13/h2-8,11,16,19H,9-10H2,1H3. The van der Waals surface area contributed by atoms with Crippen LogP contribution in [0.1, 0.15) is 23.5 Å². The lowest BCUT2D eigenvalue weighted by molar-refractivity contribution is 0.662. The smallest absolute Gasteiger partial charge is 0.0408 e. The van der Waals surface area contributed by atoms with Crippen LogP contribution >= 0.6 is 23.2 Å². The Morgan fingerprint density at radius 1 is 0.947 bits per heavy atom. The Balaban J connectivity index is 2.32. The van der Waals surface area contributed by atoms with Gasteiger partial charge in [-0.25, -0.2) is 0 Å². The fourth-order valence-corrected chi connectivity index (χ4v) is 2.56. The van der Waals surface area contributed by atoms with Crippen molar-refractivity contribution >= 4 is 23.2 Å². The molecule has 0 bridgehead atoms. The maximum atomic E-state index is 6.10. The molecule has 0 heterocycles. The Morgan fingerprint density at radius 2 is 1.68 bits per heavy atom. The van der Waals surface area contributed by atoms with E-state index in [1.165, 1.54) is 11.1 Å². The monoisotopic (exact) mass is 293 g/mol. The summed E-state index contributed by atoms with van der Waals surface area (Å²) in [5.41, 5.74) is 2.51. The number of nitrogens with one attached hydrogen (secondary N) is 1. The molecule has 0 spiro atoms. The zero-order valence-electron chi connectivity index (χ0n) is 10.9. The van der Waals surface area contributed by atoms with Crippen LogP contribution in [-0.2, 0) is 0 Å². The average molecular weight is 294 g/mol. The van der Waals surface area contributed by atoms with Crippen LogP contribution in [-0.4, -0.2) is 13.6 Å². The molecule has 2 aromatic carbocycles. The third kappa shape index (κ3) is 3.97. The van der Waals surface area contributed by atoms with Crippen molar-refractivity contribution in [2.24, 2.45) is 0 Å². The highest BCUT2D eigenvalue weighted by Crippen LogP contribution is 2.30. The average Bonchev–Trinajstić information content (AvgIpc) is 2.41. The van der Waals surface area contributed by atoms with E-state index in [0.717, 1.165) is 23.0 Å². The molecule has 0 aliphatic carbocycles. The SMILES string of the molecule is CNCCC(c1ccc(Cl)cc1)c1cccc(Cl)c1. The van der Waals surface area contributed by atoms with Crippen LogP contribution in [0.5, 0.6) is 0 Å². The van der Waals surface area contributed by atoms with Gasteiger partial charge in [0.2, 0.25) is 0 Å². The molecular weight excluding hydrogens is 277 g/mol. The Hall–Kier alpha value is -1.02. The first kappa shape index (κ1) is 14.4. The number of hydrogen-bond donors (Lipinski definition) is 1. The zero-order chi connectivity index (χ0) is 13.7. The van der Waals surface area contributed by atoms with Crippen LogP contribution in [0.3, 0.4) is 0 Å². The lowest BCUT2D eigenvalue weighted by Gasteiger charge is -2.18. The van der Waals surface area contributed by atoms with Crippen molar-refractivity contribution in [3.63, 3.8) is 0 Å². The minimum atomic E-state index is 0.336. The van der Waals surface area contributed by atoms with Crippen molar-refractivity contribution in [3.8, 4) is 0 Å². The van der Waals surface area contributed by atoms with Crippen LogP contribution < -0.4 is 5.32 Å². The Labute approximate surface area is 124 Å². The largest absolute Gasteiger partial charge is 0.320 e. The third-order valence-electron chi connectivity index (χ3n) is 3.21. The fourth-order valence-electron chi connectivity index (χ4n) is 2.23. The summed E-state index contributed by atoms with van der Waals surface area (Å²) in [5, 5.41) is 4.75. The summed E-state index contributed by atoms with van der Waals surface area (Å²) in [4.78, 5) is 0. The van der Waals surface area contributed by atoms with E-state index >= 15 is 0 Å². The van der Waals surface area contributed by atoms with Crippen molar-refractivity contribution in [1.29, 1.82) is 0 Å². The Bertz CT molecular complexity index is 523. The molecule has 3 heteroatoms. The molecule has 0 fully saturated rings. The van der Waals surface area contributed by atoms with Gasteiger partial charge in [0, 0.05) is 16.0 Å². The molecule has 0 aliphatic rings. The maximum absolute atomic E-state index is 6.10. The van der Waals surface area contributed by atoms with Crippen molar-refractivity contribution in [2.45, 2.75) is 12.3 Å². The summed E-state index contributed by atoms with van der Waals surface area (Å²) in [6, 6.07) is 16.1. The molecule has 2 aromatic rings. The van der Waals surface area contributed by atoms with Gasteiger partial charge in [0.15, 0.2) is 0 Å². The highest BCUT2D eigenvalue weighted by molar-refractivity contribution is 6.30. The van der Waals surface area contributed by atoms with Crippen molar-refractivity contribution in [2.75, 3.05) is 13.6 Å². The van der Waals surface area contributed by atoms with Crippen molar-refractivity contribution in [3.05, 3.63) is 69.7 Å². The predicted molar refractivity (Wildman–Crippen MR) is 83.3 cm³/mol. The number of benzene rings is 2. The molecule has 0 aliphatic heterocycles. The first-order valence-electron chi connectivity index (χ1n) is 6.36. The van der Waals surface area contributed by atoms with Crippen LogP contribution in [0.4, 0.5) is 0 Å². The van der Waals surface area contributed by atoms with E-state index in [9.17, 15) is 0 Å². The van der Waals surface area contributed by atoms with E-state index in [-0.39, 0.29) is 0 Å². The van der Waals surface area contributed by atoms with Crippen LogP contribution in [0.15, 0.2) is 48.5 Å². The summed E-state index contributed by atoms with van der Waals surface area (Å²) in [7, 11) is 1.97. The van der Waals surface area contributed by atoms with E-state index in [1.54, 1.807) is 0 Å². The summed E-state index contributed by atoms with van der Waals surface area (Å²) >= 11 is 12.1. The molecule has 100 valence electrons. The second kappa shape index (κ2) is 6.95. The number of hydrogen-bond acceptors (Lipinski definition) is 1. The van der Waals surface area contributed by atoms with Crippen LogP contribution in [0, 0.1) is 0 Å². The lowest BCUT2D eigenvalue weighted by atomic mass is 9.88. The first-order chi connectivity index (χ1) is 9.20. The summed E-state index contributed by atoms with van der Waals surface area (Å²) in [5.74, 6) is 0.336.